The van der Waals surface area contributed by atoms with Gasteiger partial charge in [0.25, 0.3) is 0 Å². The first-order valence-electron chi connectivity index (χ1n) is 7.87. The first-order valence-corrected chi connectivity index (χ1v) is 7.87. The molecule has 0 amide bonds. The van der Waals surface area contributed by atoms with Gasteiger partial charge in [0, 0.05) is 12.6 Å². The van der Waals surface area contributed by atoms with Crippen molar-refractivity contribution in [1.29, 1.82) is 0 Å². The summed E-state index contributed by atoms with van der Waals surface area (Å²) in [6.07, 6.45) is 4.90. The summed E-state index contributed by atoms with van der Waals surface area (Å²) < 4.78 is 40.5. The molecule has 1 N–H and O–H groups in total. The Morgan fingerprint density at radius 2 is 1.60 bits per heavy atom. The summed E-state index contributed by atoms with van der Waals surface area (Å²) in [5.74, 6) is 0. The Hall–Kier alpha value is -0.290. The van der Waals surface area contributed by atoms with Gasteiger partial charge in [0.05, 0.1) is 0 Å². The van der Waals surface area contributed by atoms with E-state index in [2.05, 4.69) is 17.0 Å². The van der Waals surface area contributed by atoms with Gasteiger partial charge in [-0.25, -0.2) is 0 Å². The van der Waals surface area contributed by atoms with Gasteiger partial charge in [-0.15, -0.1) is 0 Å². The number of hydrogen-bond donors (Lipinski definition) is 1. The van der Waals surface area contributed by atoms with Crippen molar-refractivity contribution in [3.05, 3.63) is 0 Å². The molecule has 0 saturated heterocycles. The average Bonchev–Trinajstić information content (AvgIpc) is 2.37. The summed E-state index contributed by atoms with van der Waals surface area (Å²) in [6, 6.07) is 0.277. The fraction of sp³-hybridized carbons (Fsp3) is 1.00. The number of ether oxygens (including phenoxy) is 1. The first-order chi connectivity index (χ1) is 9.49. The van der Waals surface area contributed by atoms with Crippen LogP contribution in [0.1, 0.15) is 65.2 Å². The zero-order chi connectivity index (χ0) is 15.3. The Morgan fingerprint density at radius 3 is 2.20 bits per heavy atom. The average molecular weight is 297 g/mol. The maximum Gasteiger partial charge on any atom is 0.411 e. The van der Waals surface area contributed by atoms with E-state index in [1.807, 2.05) is 6.92 Å². The van der Waals surface area contributed by atoms with Crippen LogP contribution >= 0.6 is 0 Å². The van der Waals surface area contributed by atoms with Crippen LogP contribution in [0.25, 0.3) is 0 Å². The molecule has 0 aromatic carbocycles. The highest BCUT2D eigenvalue weighted by atomic mass is 19.4. The van der Waals surface area contributed by atoms with Gasteiger partial charge < -0.3 is 10.1 Å². The summed E-state index contributed by atoms with van der Waals surface area (Å²) in [5.41, 5.74) is 0. The predicted molar refractivity (Wildman–Crippen MR) is 76.9 cm³/mol. The van der Waals surface area contributed by atoms with Gasteiger partial charge in [0.1, 0.15) is 6.61 Å². The fourth-order valence-corrected chi connectivity index (χ4v) is 2.22. The van der Waals surface area contributed by atoms with E-state index in [1.165, 1.54) is 32.1 Å². The van der Waals surface area contributed by atoms with Crippen molar-refractivity contribution >= 4 is 0 Å². The molecule has 0 saturated carbocycles. The van der Waals surface area contributed by atoms with Crippen LogP contribution in [0.2, 0.25) is 0 Å². The summed E-state index contributed by atoms with van der Waals surface area (Å²) >= 11 is 0. The van der Waals surface area contributed by atoms with Crippen LogP contribution in [0.5, 0.6) is 0 Å². The molecule has 1 unspecified atom stereocenters. The topological polar surface area (TPSA) is 21.3 Å². The van der Waals surface area contributed by atoms with Crippen LogP contribution in [-0.2, 0) is 4.74 Å². The molecule has 0 spiro atoms. The van der Waals surface area contributed by atoms with Gasteiger partial charge in [0.15, 0.2) is 0 Å². The van der Waals surface area contributed by atoms with Crippen molar-refractivity contribution in [2.24, 2.45) is 0 Å². The molecule has 0 aliphatic heterocycles. The fourth-order valence-electron chi connectivity index (χ4n) is 2.22. The van der Waals surface area contributed by atoms with E-state index < -0.39 is 12.8 Å². The van der Waals surface area contributed by atoms with E-state index >= 15 is 0 Å². The number of rotatable bonds is 13. The van der Waals surface area contributed by atoms with Crippen LogP contribution in [0.15, 0.2) is 0 Å². The molecule has 2 nitrogen and oxygen atoms in total. The molecule has 0 aliphatic rings. The molecule has 1 atom stereocenters. The van der Waals surface area contributed by atoms with E-state index in [1.54, 1.807) is 0 Å². The zero-order valence-corrected chi connectivity index (χ0v) is 12.9. The summed E-state index contributed by atoms with van der Waals surface area (Å²) in [4.78, 5) is 0. The second-order valence-electron chi connectivity index (χ2n) is 5.27. The van der Waals surface area contributed by atoms with Crippen LogP contribution < -0.4 is 5.32 Å². The third kappa shape index (κ3) is 14.1. The first kappa shape index (κ1) is 19.7. The van der Waals surface area contributed by atoms with E-state index in [9.17, 15) is 13.2 Å². The third-order valence-electron chi connectivity index (χ3n) is 3.28. The molecule has 0 radical (unpaired) electrons. The quantitative estimate of drug-likeness (QED) is 0.498. The lowest BCUT2D eigenvalue weighted by molar-refractivity contribution is -0.174. The summed E-state index contributed by atoms with van der Waals surface area (Å²) in [5, 5.41) is 3.32. The van der Waals surface area contributed by atoms with Crippen LogP contribution in [0.3, 0.4) is 0 Å². The molecule has 0 aliphatic carbocycles. The second kappa shape index (κ2) is 12.5. The highest BCUT2D eigenvalue weighted by Crippen LogP contribution is 2.15. The minimum absolute atomic E-state index is 0.174. The van der Waals surface area contributed by atoms with Gasteiger partial charge in [-0.2, -0.15) is 13.2 Å². The summed E-state index contributed by atoms with van der Waals surface area (Å²) in [7, 11) is 0. The molecule has 0 aromatic rings. The van der Waals surface area contributed by atoms with Crippen molar-refractivity contribution in [3.8, 4) is 0 Å². The van der Waals surface area contributed by atoms with Gasteiger partial charge in [-0.1, -0.05) is 52.4 Å². The second-order valence-corrected chi connectivity index (χ2v) is 5.27. The van der Waals surface area contributed by atoms with Crippen molar-refractivity contribution in [2.45, 2.75) is 77.4 Å². The molecular weight excluding hydrogens is 267 g/mol. The molecule has 122 valence electrons. The summed E-state index contributed by atoms with van der Waals surface area (Å²) in [6.45, 7) is 4.10. The highest BCUT2D eigenvalue weighted by Gasteiger charge is 2.27. The zero-order valence-electron chi connectivity index (χ0n) is 12.9. The third-order valence-corrected chi connectivity index (χ3v) is 3.28. The Bertz CT molecular complexity index is 210. The molecule has 0 rings (SSSR count). The highest BCUT2D eigenvalue weighted by molar-refractivity contribution is 4.66. The Labute approximate surface area is 121 Å². The smallest absolute Gasteiger partial charge is 0.372 e. The van der Waals surface area contributed by atoms with Crippen molar-refractivity contribution in [2.75, 3.05) is 19.8 Å². The van der Waals surface area contributed by atoms with Gasteiger partial charge in [-0.05, 0) is 19.4 Å². The maximum atomic E-state index is 11.9. The number of unbranched alkanes of at least 4 members (excludes halogenated alkanes) is 5. The molecular formula is C15H30F3NO. The minimum Gasteiger partial charge on any atom is -0.372 e. The van der Waals surface area contributed by atoms with E-state index in [4.69, 9.17) is 0 Å². The maximum absolute atomic E-state index is 11.9. The minimum atomic E-state index is -4.22. The van der Waals surface area contributed by atoms with E-state index in [-0.39, 0.29) is 12.6 Å². The molecule has 20 heavy (non-hydrogen) atoms. The lowest BCUT2D eigenvalue weighted by atomic mass is 10.0. The Kier molecular flexibility index (Phi) is 12.3. The Balaban J connectivity index is 3.60. The van der Waals surface area contributed by atoms with Crippen molar-refractivity contribution in [1.82, 2.24) is 5.32 Å². The van der Waals surface area contributed by atoms with Crippen LogP contribution in [-0.4, -0.2) is 32.0 Å². The monoisotopic (exact) mass is 297 g/mol. The molecule has 0 heterocycles. The van der Waals surface area contributed by atoms with Gasteiger partial charge >= 0.3 is 6.18 Å². The molecule has 0 bridgehead atoms. The Morgan fingerprint density at radius 1 is 0.950 bits per heavy atom. The van der Waals surface area contributed by atoms with E-state index in [0.29, 0.717) is 6.42 Å². The SMILES string of the molecule is CCCCCCCCC(CCOCC(F)(F)F)NCC. The predicted octanol–water partition coefficient (Wildman–Crippen LogP) is 4.68. The molecule has 0 fully saturated rings. The standard InChI is InChI=1S/C15H30F3NO/c1-3-5-6-7-8-9-10-14(19-4-2)11-12-20-13-15(16,17)18/h14,19H,3-13H2,1-2H3. The number of alkyl halides is 3. The van der Waals surface area contributed by atoms with Crippen LogP contribution in [0, 0.1) is 0 Å². The van der Waals surface area contributed by atoms with Crippen LogP contribution in [0.4, 0.5) is 13.2 Å². The lowest BCUT2D eigenvalue weighted by Gasteiger charge is -2.18. The van der Waals surface area contributed by atoms with E-state index in [0.717, 1.165) is 19.4 Å². The normalized spacial score (nSPS) is 13.7. The number of nitrogens with one attached hydrogen (secondary N) is 1. The molecule has 0 aromatic heterocycles. The van der Waals surface area contributed by atoms with Crippen molar-refractivity contribution < 1.29 is 17.9 Å². The largest absolute Gasteiger partial charge is 0.411 e. The number of hydrogen-bond acceptors (Lipinski definition) is 2. The van der Waals surface area contributed by atoms with Crippen molar-refractivity contribution in [3.63, 3.8) is 0 Å². The van der Waals surface area contributed by atoms with Gasteiger partial charge in [0.2, 0.25) is 0 Å². The molecule has 5 heteroatoms. The lowest BCUT2D eigenvalue weighted by Crippen LogP contribution is -2.30. The number of halogens is 3. The van der Waals surface area contributed by atoms with Gasteiger partial charge in [-0.3, -0.25) is 0 Å².